The van der Waals surface area contributed by atoms with Crippen molar-refractivity contribution >= 4 is 28.4 Å². The summed E-state index contributed by atoms with van der Waals surface area (Å²) in [6, 6.07) is 0. The maximum atomic E-state index is 3.84. The van der Waals surface area contributed by atoms with Crippen molar-refractivity contribution in [3.05, 3.63) is 0 Å². The Labute approximate surface area is 118 Å². The Morgan fingerprint density at radius 2 is 1.00 bits per heavy atom. The molecule has 0 aromatic rings. The standard InChI is InChI=1S/C12H27P.HI.Ni/c1-4-7-10-13(11-8-5-2)12-9-6-3;;/h4-12H2,1-3H3;1H;/q;;+1. The molecule has 0 spiro atoms. The van der Waals surface area contributed by atoms with E-state index in [9.17, 15) is 0 Å². The van der Waals surface area contributed by atoms with E-state index >= 15 is 0 Å². The van der Waals surface area contributed by atoms with Crippen LogP contribution in [0.25, 0.3) is 0 Å². The van der Waals surface area contributed by atoms with Crippen molar-refractivity contribution in [2.45, 2.75) is 59.3 Å². The molecule has 0 aliphatic carbocycles. The molecule has 0 atom stereocenters. The van der Waals surface area contributed by atoms with E-state index in [1.54, 1.807) is 39.0 Å². The van der Waals surface area contributed by atoms with Gasteiger partial charge in [-0.3, -0.25) is 0 Å². The van der Waals surface area contributed by atoms with Crippen molar-refractivity contribution in [2.75, 3.05) is 18.5 Å². The monoisotopic (exact) mass is 388 g/mol. The molecule has 97 valence electrons. The molecule has 15 heavy (non-hydrogen) atoms. The molecule has 3 heteroatoms. The van der Waals surface area contributed by atoms with Crippen LogP contribution in [0, 0.1) is 0 Å². The van der Waals surface area contributed by atoms with E-state index in [4.69, 9.17) is 0 Å². The Morgan fingerprint density at radius 1 is 0.733 bits per heavy atom. The zero-order valence-electron chi connectivity index (χ0n) is 10.6. The van der Waals surface area contributed by atoms with Gasteiger partial charge in [0.15, 0.2) is 0 Å². The van der Waals surface area contributed by atoms with Gasteiger partial charge in [0.2, 0.25) is 0 Å². The van der Waals surface area contributed by atoms with Crippen molar-refractivity contribution in [2.24, 2.45) is 0 Å². The third-order valence-corrected chi connectivity index (χ3v) is 5.83. The average Bonchev–Trinajstić information content (AvgIpc) is 2.31. The second-order valence-corrected chi connectivity index (χ2v) is 7.06. The fraction of sp³-hybridized carbons (Fsp3) is 1.00. The number of hydrogen-bond acceptors (Lipinski definition) is 0. The van der Waals surface area contributed by atoms with Gasteiger partial charge >= 0.3 is 32.8 Å². The summed E-state index contributed by atoms with van der Waals surface area (Å²) in [4.78, 5) is 0. The third-order valence-electron chi connectivity index (χ3n) is 2.65. The summed E-state index contributed by atoms with van der Waals surface area (Å²) in [7, 11) is 0.0675. The van der Waals surface area contributed by atoms with Gasteiger partial charge in [0.05, 0.1) is 18.5 Å². The van der Waals surface area contributed by atoms with E-state index in [2.05, 4.69) is 33.1 Å². The Bertz CT molecular complexity index is 82.6. The van der Waals surface area contributed by atoms with Crippen LogP contribution in [0.2, 0.25) is 0 Å². The fourth-order valence-corrected chi connectivity index (χ4v) is 4.97. The topological polar surface area (TPSA) is 0 Å². The summed E-state index contributed by atoms with van der Waals surface area (Å²) in [6.45, 7) is 6.96. The number of rotatable bonds is 9. The first kappa shape index (κ1) is 19.0. The molecule has 0 fully saturated rings. The summed E-state index contributed by atoms with van der Waals surface area (Å²) >= 11 is 5.62. The summed E-state index contributed by atoms with van der Waals surface area (Å²) in [5, 5.41) is 0. The van der Waals surface area contributed by atoms with Crippen LogP contribution in [0.1, 0.15) is 59.3 Å². The SMILES string of the molecule is CCCC[PH+](CCCC)CCCC.[Ni][I]. The van der Waals surface area contributed by atoms with Gasteiger partial charge in [-0.1, -0.05) is 40.0 Å². The first-order valence-corrected chi connectivity index (χ1v) is 11.6. The van der Waals surface area contributed by atoms with Crippen molar-refractivity contribution in [3.63, 3.8) is 0 Å². The molecule has 0 aliphatic rings. The molecule has 0 N–H and O–H groups in total. The van der Waals surface area contributed by atoms with Gasteiger partial charge in [0, 0.05) is 7.92 Å². The maximum absolute atomic E-state index is 3.84. The normalized spacial score (nSPS) is 10.1. The van der Waals surface area contributed by atoms with Crippen LogP contribution in [0.5, 0.6) is 0 Å². The van der Waals surface area contributed by atoms with Gasteiger partial charge in [0.1, 0.15) is 0 Å². The van der Waals surface area contributed by atoms with Gasteiger partial charge < -0.3 is 0 Å². The molecule has 0 aliphatic heterocycles. The summed E-state index contributed by atoms with van der Waals surface area (Å²) in [6.07, 6.45) is 13.4. The first-order chi connectivity index (χ1) is 7.35. The summed E-state index contributed by atoms with van der Waals surface area (Å²) in [5.41, 5.74) is 0. The Morgan fingerprint density at radius 3 is 1.20 bits per heavy atom. The van der Waals surface area contributed by atoms with Crippen LogP contribution in [-0.4, -0.2) is 18.5 Å². The average molecular weight is 389 g/mol. The molecule has 0 nitrogen and oxygen atoms in total. The Balaban J connectivity index is 0. The molecular formula is C12H28INiP+. The predicted octanol–water partition coefficient (Wildman–Crippen LogP) is 5.48. The Hall–Kier alpha value is 1.65. The molecule has 0 saturated heterocycles. The van der Waals surface area contributed by atoms with Crippen LogP contribution in [-0.2, 0) is 12.3 Å². The quantitative estimate of drug-likeness (QED) is 0.278. The first-order valence-electron chi connectivity index (χ1n) is 6.30. The van der Waals surface area contributed by atoms with Crippen LogP contribution < -0.4 is 0 Å². The second-order valence-electron chi connectivity index (χ2n) is 4.06. The van der Waals surface area contributed by atoms with Crippen LogP contribution in [0.4, 0.5) is 0 Å². The van der Waals surface area contributed by atoms with E-state index < -0.39 is 0 Å². The van der Waals surface area contributed by atoms with Crippen molar-refractivity contribution < 1.29 is 12.3 Å². The van der Waals surface area contributed by atoms with Crippen LogP contribution in [0.3, 0.4) is 0 Å². The van der Waals surface area contributed by atoms with E-state index in [-0.39, 0.29) is 7.92 Å². The molecule has 0 unspecified atom stereocenters. The molecule has 0 aromatic carbocycles. The molecule has 0 bridgehead atoms. The molecule has 0 heterocycles. The van der Waals surface area contributed by atoms with Gasteiger partial charge in [0.25, 0.3) is 0 Å². The van der Waals surface area contributed by atoms with Crippen LogP contribution >= 0.6 is 28.4 Å². The third kappa shape index (κ3) is 15.7. The van der Waals surface area contributed by atoms with Gasteiger partial charge in [-0.2, -0.15) is 0 Å². The summed E-state index contributed by atoms with van der Waals surface area (Å²) < 4.78 is 0. The molecule has 0 rings (SSSR count). The molecule has 0 aromatic heterocycles. The zero-order chi connectivity index (χ0) is 11.9. The van der Waals surface area contributed by atoms with Gasteiger partial charge in [-0.05, 0) is 19.3 Å². The molecule has 0 amide bonds. The second kappa shape index (κ2) is 18.0. The molecule has 0 saturated carbocycles. The van der Waals surface area contributed by atoms with E-state index in [0.717, 1.165) is 0 Å². The predicted molar refractivity (Wildman–Crippen MR) is 81.7 cm³/mol. The van der Waals surface area contributed by atoms with Gasteiger partial charge in [-0.25, -0.2) is 0 Å². The summed E-state index contributed by atoms with van der Waals surface area (Å²) in [5.74, 6) is 0. The van der Waals surface area contributed by atoms with E-state index in [1.807, 2.05) is 0 Å². The van der Waals surface area contributed by atoms with E-state index in [1.165, 1.54) is 38.5 Å². The minimum atomic E-state index is 0.0675. The Kier molecular flexibility index (Phi) is 22.8. The minimum absolute atomic E-state index is 0.0675. The molecular weight excluding hydrogens is 361 g/mol. The van der Waals surface area contributed by atoms with Crippen molar-refractivity contribution in [1.82, 2.24) is 0 Å². The number of unbranched alkanes of at least 4 members (excludes halogenated alkanes) is 3. The number of halogens is 1. The van der Waals surface area contributed by atoms with Gasteiger partial charge in [-0.15, -0.1) is 0 Å². The molecule has 0 radical (unpaired) electrons. The van der Waals surface area contributed by atoms with Crippen molar-refractivity contribution in [1.29, 1.82) is 0 Å². The fourth-order valence-electron chi connectivity index (χ4n) is 1.66. The number of hydrogen-bond donors (Lipinski definition) is 0. The van der Waals surface area contributed by atoms with Crippen molar-refractivity contribution in [3.8, 4) is 0 Å². The van der Waals surface area contributed by atoms with E-state index in [0.29, 0.717) is 0 Å². The van der Waals surface area contributed by atoms with Crippen LogP contribution in [0.15, 0.2) is 0 Å². The zero-order valence-corrected chi connectivity index (χ0v) is 14.7.